The first kappa shape index (κ1) is 28.3. The van der Waals surface area contributed by atoms with E-state index >= 15 is 0 Å². The number of amides is 3. The number of nitrogens with zero attached hydrogens (tertiary/aromatic N) is 1. The first-order chi connectivity index (χ1) is 12.9. The number of carbonyl (C=O) groups is 4. The normalized spacial score (nSPS) is 16.2. The third kappa shape index (κ3) is 8.14. The van der Waals surface area contributed by atoms with Gasteiger partial charge in [0.1, 0.15) is 6.04 Å². The molecule has 0 aromatic rings. The Kier molecular flexibility index (Phi) is 10.3. The van der Waals surface area contributed by atoms with E-state index in [0.717, 1.165) is 11.8 Å². The van der Waals surface area contributed by atoms with Crippen LogP contribution < -0.4 is 10.6 Å². The molecule has 0 heterocycles. The van der Waals surface area contributed by atoms with E-state index in [1.54, 1.807) is 20.8 Å². The molecule has 0 aliphatic rings. The minimum atomic E-state index is -1.50. The molecule has 8 nitrogen and oxygen atoms in total. The maximum atomic E-state index is 13.0. The zero-order valence-electron chi connectivity index (χ0n) is 17.6. The molecule has 0 fully saturated rings. The van der Waals surface area contributed by atoms with Gasteiger partial charge in [-0.25, -0.2) is 4.79 Å². The molecule has 0 radical (unpaired) electrons. The number of thioether (sulfide) groups is 1. The summed E-state index contributed by atoms with van der Waals surface area (Å²) in [4.78, 5) is 49.3. The van der Waals surface area contributed by atoms with Crippen molar-refractivity contribution in [2.24, 2.45) is 0 Å². The molecule has 29 heavy (non-hydrogen) atoms. The van der Waals surface area contributed by atoms with Crippen LogP contribution in [0.1, 0.15) is 41.0 Å². The molecular weight excluding hydrogens is 454 g/mol. The Morgan fingerprint density at radius 3 is 1.79 bits per heavy atom. The summed E-state index contributed by atoms with van der Waals surface area (Å²) >= 11 is 13.6. The molecule has 3 N–H and O–H groups in total. The van der Waals surface area contributed by atoms with Gasteiger partial charge in [0.25, 0.3) is 5.91 Å². The highest BCUT2D eigenvalue weighted by Crippen LogP contribution is 2.36. The molecular formula is C17H31N3O5S4. The molecule has 0 saturated heterocycles. The van der Waals surface area contributed by atoms with Crippen LogP contribution in [0.25, 0.3) is 0 Å². The highest BCUT2D eigenvalue weighted by molar-refractivity contribution is 8.11. The lowest BCUT2D eigenvalue weighted by molar-refractivity contribution is -0.141. The van der Waals surface area contributed by atoms with E-state index in [2.05, 4.69) is 48.5 Å². The van der Waals surface area contributed by atoms with Crippen molar-refractivity contribution in [2.45, 2.75) is 66.0 Å². The van der Waals surface area contributed by atoms with Crippen molar-refractivity contribution in [1.29, 1.82) is 0 Å². The maximum absolute atomic E-state index is 13.0. The third-order valence-corrected chi connectivity index (χ3v) is 6.34. The number of hydrogen-bond acceptors (Lipinski definition) is 8. The summed E-state index contributed by atoms with van der Waals surface area (Å²) in [6.07, 6.45) is 0.152. The fraction of sp³-hybridized carbons (Fsp3) is 0.765. The average Bonchev–Trinajstić information content (AvgIpc) is 2.55. The van der Waals surface area contributed by atoms with Crippen LogP contribution in [0.2, 0.25) is 0 Å². The van der Waals surface area contributed by atoms with Gasteiger partial charge in [-0.2, -0.15) is 37.9 Å². The number of hydrogen-bond donors (Lipinski definition) is 6. The quantitative estimate of drug-likeness (QED) is 0.205. The molecule has 0 bridgehead atoms. The van der Waals surface area contributed by atoms with Gasteiger partial charge < -0.3 is 20.6 Å². The Morgan fingerprint density at radius 1 is 1.03 bits per heavy atom. The Hall–Kier alpha value is -0.720. The first-order valence-electron chi connectivity index (χ1n) is 8.77. The van der Waals surface area contributed by atoms with E-state index in [-0.39, 0.29) is 6.42 Å². The predicted octanol–water partition coefficient (Wildman–Crippen LogP) is 1.27. The lowest BCUT2D eigenvalue weighted by Gasteiger charge is -2.38. The average molecular weight is 486 g/mol. The summed E-state index contributed by atoms with van der Waals surface area (Å²) in [7, 11) is 3.05. The van der Waals surface area contributed by atoms with E-state index in [4.69, 9.17) is 0 Å². The Morgan fingerprint density at radius 2 is 1.48 bits per heavy atom. The van der Waals surface area contributed by atoms with Gasteiger partial charge in [0, 0.05) is 14.1 Å². The SMILES string of the molecule is CC[C@@](NC(=O)C(C)(C)S)(SC(S)[C@H](NC(=O)C(C)(C)S)C(=O)O)C(=O)N(C)C. The second-order valence-corrected chi connectivity index (χ2v) is 12.3. The summed E-state index contributed by atoms with van der Waals surface area (Å²) in [5.41, 5.74) is 0. The monoisotopic (exact) mass is 485 g/mol. The van der Waals surface area contributed by atoms with Gasteiger partial charge in [-0.1, -0.05) is 6.92 Å². The second kappa shape index (κ2) is 10.5. The highest BCUT2D eigenvalue weighted by Gasteiger charge is 2.46. The minimum absolute atomic E-state index is 0.152. The number of rotatable bonds is 10. The fourth-order valence-electron chi connectivity index (χ4n) is 2.00. The van der Waals surface area contributed by atoms with Gasteiger partial charge in [-0.15, -0.1) is 11.8 Å². The third-order valence-electron chi connectivity index (χ3n) is 3.84. The van der Waals surface area contributed by atoms with E-state index in [9.17, 15) is 24.3 Å². The van der Waals surface area contributed by atoms with Crippen molar-refractivity contribution >= 4 is 73.3 Å². The number of carboxylic acid groups (broad SMARTS) is 1. The van der Waals surface area contributed by atoms with Crippen LogP contribution in [0.3, 0.4) is 0 Å². The summed E-state index contributed by atoms with van der Waals surface area (Å²) in [6.45, 7) is 7.87. The topological polar surface area (TPSA) is 116 Å². The zero-order chi connectivity index (χ0) is 23.4. The Labute approximate surface area is 192 Å². The minimum Gasteiger partial charge on any atom is -0.480 e. The fourth-order valence-corrected chi connectivity index (χ4v) is 4.20. The van der Waals surface area contributed by atoms with Crippen molar-refractivity contribution in [2.75, 3.05) is 14.1 Å². The highest BCUT2D eigenvalue weighted by atomic mass is 32.2. The molecule has 0 rings (SSSR count). The maximum Gasteiger partial charge on any atom is 0.328 e. The summed E-state index contributed by atoms with van der Waals surface area (Å²) in [5, 5.41) is 14.7. The number of thiol groups is 3. The van der Waals surface area contributed by atoms with Crippen LogP contribution in [-0.4, -0.2) is 72.8 Å². The Balaban J connectivity index is 5.96. The zero-order valence-corrected chi connectivity index (χ0v) is 21.1. The van der Waals surface area contributed by atoms with Crippen molar-refractivity contribution in [1.82, 2.24) is 15.5 Å². The van der Waals surface area contributed by atoms with Crippen molar-refractivity contribution in [3.8, 4) is 0 Å². The summed E-state index contributed by atoms with van der Waals surface area (Å²) < 4.78 is -3.24. The van der Waals surface area contributed by atoms with Crippen molar-refractivity contribution in [3.63, 3.8) is 0 Å². The van der Waals surface area contributed by atoms with E-state index in [1.807, 2.05) is 0 Å². The van der Waals surface area contributed by atoms with Crippen LogP contribution >= 0.6 is 49.6 Å². The van der Waals surface area contributed by atoms with Gasteiger partial charge in [0.05, 0.1) is 14.1 Å². The van der Waals surface area contributed by atoms with Gasteiger partial charge in [0.2, 0.25) is 11.8 Å². The molecule has 0 spiro atoms. The Bertz CT molecular complexity index is 646. The lowest BCUT2D eigenvalue weighted by Crippen LogP contribution is -2.60. The molecule has 0 aromatic carbocycles. The van der Waals surface area contributed by atoms with Crippen LogP contribution in [-0.2, 0) is 19.2 Å². The first-order valence-corrected chi connectivity index (χ1v) is 11.1. The summed E-state index contributed by atoms with van der Waals surface area (Å²) in [6, 6.07) is -1.43. The van der Waals surface area contributed by atoms with Crippen LogP contribution in [0.4, 0.5) is 0 Å². The predicted molar refractivity (Wildman–Crippen MR) is 126 cm³/mol. The largest absolute Gasteiger partial charge is 0.480 e. The van der Waals surface area contributed by atoms with E-state index in [0.29, 0.717) is 0 Å². The second-order valence-electron chi connectivity index (χ2n) is 7.75. The molecule has 0 aliphatic carbocycles. The molecule has 0 aromatic heterocycles. The smallest absolute Gasteiger partial charge is 0.328 e. The van der Waals surface area contributed by atoms with Gasteiger partial charge >= 0.3 is 5.97 Å². The number of carboxylic acids is 1. The molecule has 3 amide bonds. The number of likely N-dealkylation sites (N-methyl/N-ethyl adjacent to an activating group) is 1. The lowest BCUT2D eigenvalue weighted by atomic mass is 10.1. The van der Waals surface area contributed by atoms with Gasteiger partial charge in [-0.05, 0) is 34.1 Å². The van der Waals surface area contributed by atoms with Gasteiger partial charge in [0.15, 0.2) is 4.87 Å². The number of carbonyl (C=O) groups excluding carboxylic acids is 3. The number of aliphatic carboxylic acids is 1. The van der Waals surface area contributed by atoms with Crippen LogP contribution in [0.5, 0.6) is 0 Å². The molecule has 0 saturated carbocycles. The summed E-state index contributed by atoms with van der Waals surface area (Å²) in [5.74, 6) is -2.88. The molecule has 1 unspecified atom stereocenters. The van der Waals surface area contributed by atoms with E-state index < -0.39 is 48.7 Å². The van der Waals surface area contributed by atoms with Crippen molar-refractivity contribution < 1.29 is 24.3 Å². The van der Waals surface area contributed by atoms with Crippen LogP contribution in [0, 0.1) is 0 Å². The number of nitrogens with one attached hydrogen (secondary N) is 2. The van der Waals surface area contributed by atoms with Crippen LogP contribution in [0.15, 0.2) is 0 Å². The molecule has 0 aliphatic heterocycles. The van der Waals surface area contributed by atoms with Gasteiger partial charge in [-0.3, -0.25) is 14.4 Å². The molecule has 3 atom stereocenters. The standard InChI is InChI=1S/C17H31N3O5S4/c1-8-17(14(25)20(6)7,19-13(24)16(4,5)28)29-11(26)9(10(21)22)18-12(23)15(2,3)27/h9,11,26-28H,8H2,1-7H3,(H,18,23)(H,19,24)(H,21,22)/t9-,11?,17-/m1/s1. The van der Waals surface area contributed by atoms with E-state index in [1.165, 1.54) is 32.8 Å². The van der Waals surface area contributed by atoms with Crippen molar-refractivity contribution in [3.05, 3.63) is 0 Å². The molecule has 168 valence electrons. The molecule has 12 heteroatoms.